The van der Waals surface area contributed by atoms with Gasteiger partial charge in [-0.2, -0.15) is 0 Å². The van der Waals surface area contributed by atoms with Crippen LogP contribution >= 0.6 is 0 Å². The zero-order chi connectivity index (χ0) is 24.1. The van der Waals surface area contributed by atoms with Crippen molar-refractivity contribution in [2.24, 2.45) is 0 Å². The lowest BCUT2D eigenvalue weighted by Gasteiger charge is -2.22. The summed E-state index contributed by atoms with van der Waals surface area (Å²) in [6.07, 6.45) is 12.9. The Kier molecular flexibility index (Phi) is 11.7. The molecule has 1 aromatic rings. The summed E-state index contributed by atoms with van der Waals surface area (Å²) in [7, 11) is -3.97. The molecule has 2 N–H and O–H groups in total. The number of nitrogens with one attached hydrogen (secondary N) is 2. The van der Waals surface area contributed by atoms with Crippen LogP contribution in [0.2, 0.25) is 0 Å². The minimum absolute atomic E-state index is 0.00774. The average molecular weight is 481 g/mol. The van der Waals surface area contributed by atoms with Crippen molar-refractivity contribution in [2.75, 3.05) is 0 Å². The second-order valence-corrected chi connectivity index (χ2v) is 10.7. The Morgan fingerprint density at radius 2 is 1.58 bits per heavy atom. The fourth-order valence-corrected chi connectivity index (χ4v) is 5.03. The van der Waals surface area contributed by atoms with Crippen LogP contribution in [0.3, 0.4) is 0 Å². The molecular weight excluding hydrogens is 440 g/mol. The Labute approximate surface area is 199 Å². The van der Waals surface area contributed by atoms with Crippen LogP contribution in [-0.2, 0) is 19.6 Å². The fraction of sp³-hybridized carbons (Fsp3) is 0.680. The minimum atomic E-state index is -3.97. The van der Waals surface area contributed by atoms with E-state index in [9.17, 15) is 18.0 Å². The van der Waals surface area contributed by atoms with E-state index in [4.69, 9.17) is 4.74 Å². The van der Waals surface area contributed by atoms with Crippen LogP contribution in [0.25, 0.3) is 0 Å². The summed E-state index contributed by atoms with van der Waals surface area (Å²) in [4.78, 5) is 24.2. The van der Waals surface area contributed by atoms with Crippen molar-refractivity contribution < 1.29 is 22.7 Å². The molecule has 0 bridgehead atoms. The summed E-state index contributed by atoms with van der Waals surface area (Å²) in [5.41, 5.74) is 0.702. The maximum Gasteiger partial charge on any atom is 0.328 e. The molecule has 1 atom stereocenters. The molecule has 1 aliphatic carbocycles. The predicted octanol–water partition coefficient (Wildman–Crippen LogP) is 5.75. The van der Waals surface area contributed by atoms with Crippen LogP contribution < -0.4 is 10.0 Å². The largest absolute Gasteiger partial charge is 0.458 e. The van der Waals surface area contributed by atoms with Gasteiger partial charge in [-0.15, -0.1) is 0 Å². The van der Waals surface area contributed by atoms with Gasteiger partial charge in [0.2, 0.25) is 0 Å². The van der Waals surface area contributed by atoms with Crippen molar-refractivity contribution in [1.29, 1.82) is 0 Å². The number of rotatable bonds is 13. The highest BCUT2D eigenvalue weighted by Gasteiger charge is 2.21. The van der Waals surface area contributed by atoms with Crippen LogP contribution in [0, 0.1) is 0 Å². The van der Waals surface area contributed by atoms with Gasteiger partial charge in [-0.05, 0) is 43.9 Å². The van der Waals surface area contributed by atoms with Crippen LogP contribution in [0.15, 0.2) is 29.2 Å². The van der Waals surface area contributed by atoms with E-state index in [2.05, 4.69) is 17.0 Å². The number of carbonyl (C=O) groups is 2. The van der Waals surface area contributed by atoms with Crippen molar-refractivity contribution in [3.63, 3.8) is 0 Å². The van der Waals surface area contributed by atoms with Crippen molar-refractivity contribution in [1.82, 2.24) is 10.0 Å². The van der Waals surface area contributed by atoms with E-state index < -0.39 is 22.2 Å². The summed E-state index contributed by atoms with van der Waals surface area (Å²) in [6, 6.07) is 5.39. The molecule has 8 heteroatoms. The third kappa shape index (κ3) is 10.2. The van der Waals surface area contributed by atoms with Crippen molar-refractivity contribution in [3.05, 3.63) is 29.8 Å². The van der Waals surface area contributed by atoms with Crippen LogP contribution in [0.5, 0.6) is 0 Å². The van der Waals surface area contributed by atoms with E-state index in [0.29, 0.717) is 12.0 Å². The minimum Gasteiger partial charge on any atom is -0.458 e. The Morgan fingerprint density at radius 3 is 2.21 bits per heavy atom. The molecule has 1 unspecified atom stereocenters. The van der Waals surface area contributed by atoms with Gasteiger partial charge in [0.15, 0.2) is 0 Å². The standard InChI is InChI=1S/C25H40N2O5S/c1-3-4-5-6-7-8-12-15-24(28)32-20(2)21-16-18-23(19-17-21)33(30,31)27-25(29)26-22-13-10-9-11-14-22/h16-20,22H,3-15H2,1-2H3,(H2,26,27,29). The van der Waals surface area contributed by atoms with Gasteiger partial charge in [-0.1, -0.05) is 76.8 Å². The Balaban J connectivity index is 1.76. The molecule has 0 aromatic heterocycles. The molecule has 0 radical (unpaired) electrons. The number of urea groups is 1. The molecule has 1 saturated carbocycles. The highest BCUT2D eigenvalue weighted by Crippen LogP contribution is 2.21. The molecule has 0 saturated heterocycles. The van der Waals surface area contributed by atoms with Crippen LogP contribution in [0.4, 0.5) is 4.79 Å². The molecule has 0 heterocycles. The van der Waals surface area contributed by atoms with Gasteiger partial charge in [-0.3, -0.25) is 4.79 Å². The first-order chi connectivity index (χ1) is 15.8. The van der Waals surface area contributed by atoms with Gasteiger partial charge in [-0.25, -0.2) is 17.9 Å². The van der Waals surface area contributed by atoms with Gasteiger partial charge in [0.25, 0.3) is 10.0 Å². The number of sulfonamides is 1. The van der Waals surface area contributed by atoms with Crippen molar-refractivity contribution in [2.45, 2.75) is 114 Å². The second-order valence-electron chi connectivity index (χ2n) is 8.99. The zero-order valence-electron chi connectivity index (χ0n) is 20.1. The number of benzene rings is 1. The zero-order valence-corrected chi connectivity index (χ0v) is 20.9. The average Bonchev–Trinajstić information content (AvgIpc) is 2.78. The quantitative estimate of drug-likeness (QED) is 0.276. The first kappa shape index (κ1) is 27.2. The third-order valence-electron chi connectivity index (χ3n) is 6.12. The lowest BCUT2D eigenvalue weighted by atomic mass is 9.96. The third-order valence-corrected chi connectivity index (χ3v) is 7.47. The summed E-state index contributed by atoms with van der Waals surface area (Å²) in [5.74, 6) is -0.242. The van der Waals surface area contributed by atoms with Crippen molar-refractivity contribution >= 4 is 22.0 Å². The number of esters is 1. The lowest BCUT2D eigenvalue weighted by Crippen LogP contribution is -2.45. The smallest absolute Gasteiger partial charge is 0.328 e. The number of hydrogen-bond donors (Lipinski definition) is 2. The summed E-state index contributed by atoms with van der Waals surface area (Å²) >= 11 is 0. The summed E-state index contributed by atoms with van der Waals surface area (Å²) in [5, 5.41) is 2.74. The summed E-state index contributed by atoms with van der Waals surface area (Å²) < 4.78 is 32.6. The van der Waals surface area contributed by atoms with E-state index in [1.165, 1.54) is 37.8 Å². The monoisotopic (exact) mass is 480 g/mol. The maximum absolute atomic E-state index is 12.5. The van der Waals surface area contributed by atoms with Gasteiger partial charge < -0.3 is 10.1 Å². The second kappa shape index (κ2) is 14.2. The van der Waals surface area contributed by atoms with E-state index in [1.807, 2.05) is 0 Å². The molecular formula is C25H40N2O5S. The molecule has 2 rings (SSSR count). The highest BCUT2D eigenvalue weighted by molar-refractivity contribution is 7.90. The van der Waals surface area contributed by atoms with Gasteiger partial charge >= 0.3 is 12.0 Å². The van der Waals surface area contributed by atoms with Crippen molar-refractivity contribution in [3.8, 4) is 0 Å². The van der Waals surface area contributed by atoms with E-state index in [0.717, 1.165) is 51.4 Å². The number of hydrogen-bond acceptors (Lipinski definition) is 5. The molecule has 7 nitrogen and oxygen atoms in total. The Bertz CT molecular complexity index is 833. The Hall–Kier alpha value is -2.09. The molecule has 33 heavy (non-hydrogen) atoms. The highest BCUT2D eigenvalue weighted by atomic mass is 32.2. The SMILES string of the molecule is CCCCCCCCCC(=O)OC(C)c1ccc(S(=O)(=O)NC(=O)NC2CCCCC2)cc1. The first-order valence-electron chi connectivity index (χ1n) is 12.4. The van der Waals surface area contributed by atoms with E-state index in [-0.39, 0.29) is 16.9 Å². The fourth-order valence-electron chi connectivity index (χ4n) is 4.11. The van der Waals surface area contributed by atoms with Crippen LogP contribution in [0.1, 0.15) is 109 Å². The molecule has 1 aromatic carbocycles. The lowest BCUT2D eigenvalue weighted by molar-refractivity contribution is -0.148. The number of unbranched alkanes of at least 4 members (excludes halogenated alkanes) is 6. The number of amides is 2. The van der Waals surface area contributed by atoms with E-state index in [1.54, 1.807) is 19.1 Å². The predicted molar refractivity (Wildman–Crippen MR) is 129 cm³/mol. The molecule has 0 aliphatic heterocycles. The first-order valence-corrected chi connectivity index (χ1v) is 13.9. The van der Waals surface area contributed by atoms with Gasteiger partial charge in [0.05, 0.1) is 4.90 Å². The van der Waals surface area contributed by atoms with Gasteiger partial charge in [0, 0.05) is 12.5 Å². The molecule has 0 spiro atoms. The Morgan fingerprint density at radius 1 is 0.970 bits per heavy atom. The molecule has 2 amide bonds. The normalized spacial score (nSPS) is 15.6. The molecule has 186 valence electrons. The molecule has 1 aliphatic rings. The topological polar surface area (TPSA) is 102 Å². The summed E-state index contributed by atoms with van der Waals surface area (Å²) in [6.45, 7) is 3.96. The maximum atomic E-state index is 12.5. The number of carbonyl (C=O) groups excluding carboxylic acids is 2. The van der Waals surface area contributed by atoms with E-state index >= 15 is 0 Å². The van der Waals surface area contributed by atoms with Crippen LogP contribution in [-0.4, -0.2) is 26.5 Å². The van der Waals surface area contributed by atoms with Gasteiger partial charge in [0.1, 0.15) is 6.10 Å². The molecule has 1 fully saturated rings. The number of ether oxygens (including phenoxy) is 1.